The van der Waals surface area contributed by atoms with Gasteiger partial charge in [-0.05, 0) is 49.7 Å². The maximum Gasteiger partial charge on any atom is 0.117 e. The van der Waals surface area contributed by atoms with Gasteiger partial charge >= 0.3 is 0 Å². The molecule has 3 nitrogen and oxygen atoms in total. The van der Waals surface area contributed by atoms with Crippen molar-refractivity contribution in [3.63, 3.8) is 0 Å². The molecule has 1 atom stereocenters. The molecular weight excluding hydrogens is 274 g/mol. The zero-order chi connectivity index (χ0) is 15.2. The molecular formula is C19H21NO2. The van der Waals surface area contributed by atoms with Crippen LogP contribution >= 0.6 is 0 Å². The van der Waals surface area contributed by atoms with E-state index in [0.717, 1.165) is 31.0 Å². The van der Waals surface area contributed by atoms with E-state index in [0.29, 0.717) is 0 Å². The Balaban J connectivity index is 1.63. The topological polar surface area (TPSA) is 38.3 Å². The van der Waals surface area contributed by atoms with Crippen LogP contribution in [0, 0.1) is 6.92 Å². The molecule has 0 amide bonds. The quantitative estimate of drug-likeness (QED) is 0.652. The molecule has 2 heterocycles. The Morgan fingerprint density at radius 3 is 2.41 bits per heavy atom. The van der Waals surface area contributed by atoms with Crippen LogP contribution in [-0.2, 0) is 6.54 Å². The molecule has 0 fully saturated rings. The van der Waals surface area contributed by atoms with Crippen LogP contribution in [0.15, 0.2) is 69.9 Å². The maximum atomic E-state index is 5.64. The van der Waals surface area contributed by atoms with Gasteiger partial charge < -0.3 is 14.2 Å². The Hall–Kier alpha value is -2.26. The van der Waals surface area contributed by atoms with E-state index >= 15 is 0 Å². The predicted molar refractivity (Wildman–Crippen MR) is 86.8 cm³/mol. The number of aryl methyl sites for hydroxylation is 1. The van der Waals surface area contributed by atoms with Crippen LogP contribution < -0.4 is 5.32 Å². The fourth-order valence-corrected chi connectivity index (χ4v) is 2.63. The van der Waals surface area contributed by atoms with Gasteiger partial charge in [0.15, 0.2) is 0 Å². The SMILES string of the molecule is Cc1ccc([C@@H](CCNCc2ccco2)c2ccco2)cc1. The smallest absolute Gasteiger partial charge is 0.117 e. The zero-order valence-corrected chi connectivity index (χ0v) is 12.8. The van der Waals surface area contributed by atoms with Gasteiger partial charge in [0.25, 0.3) is 0 Å². The minimum Gasteiger partial charge on any atom is -0.469 e. The molecule has 0 spiro atoms. The predicted octanol–water partition coefficient (Wildman–Crippen LogP) is 4.49. The minimum atomic E-state index is 0.278. The first-order valence-corrected chi connectivity index (χ1v) is 7.66. The monoisotopic (exact) mass is 295 g/mol. The molecule has 0 unspecified atom stereocenters. The molecule has 1 aromatic carbocycles. The van der Waals surface area contributed by atoms with Crippen LogP contribution in [0.3, 0.4) is 0 Å². The number of hydrogen-bond donors (Lipinski definition) is 1. The third-order valence-electron chi connectivity index (χ3n) is 3.86. The highest BCUT2D eigenvalue weighted by molar-refractivity contribution is 5.30. The van der Waals surface area contributed by atoms with Gasteiger partial charge in [0.2, 0.25) is 0 Å². The average molecular weight is 295 g/mol. The molecule has 0 radical (unpaired) electrons. The lowest BCUT2D eigenvalue weighted by Gasteiger charge is -2.15. The lowest BCUT2D eigenvalue weighted by Crippen LogP contribution is -2.17. The molecule has 22 heavy (non-hydrogen) atoms. The van der Waals surface area contributed by atoms with Crippen LogP contribution in [-0.4, -0.2) is 6.54 Å². The number of furan rings is 2. The summed E-state index contributed by atoms with van der Waals surface area (Å²) in [5.74, 6) is 2.26. The third-order valence-corrected chi connectivity index (χ3v) is 3.86. The van der Waals surface area contributed by atoms with Crippen molar-refractivity contribution in [2.45, 2.75) is 25.8 Å². The number of rotatable bonds is 7. The van der Waals surface area contributed by atoms with E-state index in [9.17, 15) is 0 Å². The second-order valence-corrected chi connectivity index (χ2v) is 5.52. The molecule has 1 N–H and O–H groups in total. The fourth-order valence-electron chi connectivity index (χ4n) is 2.63. The Labute approximate surface area is 131 Å². The molecule has 0 bridgehead atoms. The van der Waals surface area contributed by atoms with Crippen LogP contribution in [0.25, 0.3) is 0 Å². The molecule has 0 aliphatic rings. The minimum absolute atomic E-state index is 0.278. The molecule has 2 aromatic heterocycles. The van der Waals surface area contributed by atoms with Crippen LogP contribution in [0.1, 0.15) is 35.0 Å². The first-order valence-electron chi connectivity index (χ1n) is 7.66. The van der Waals surface area contributed by atoms with Crippen molar-refractivity contribution >= 4 is 0 Å². The summed E-state index contributed by atoms with van der Waals surface area (Å²) in [6.45, 7) is 3.77. The van der Waals surface area contributed by atoms with E-state index in [4.69, 9.17) is 8.83 Å². The van der Waals surface area contributed by atoms with E-state index in [1.54, 1.807) is 12.5 Å². The second-order valence-electron chi connectivity index (χ2n) is 5.52. The fraction of sp³-hybridized carbons (Fsp3) is 0.263. The Morgan fingerprint density at radius 2 is 1.73 bits per heavy atom. The molecule has 3 aromatic rings. The lowest BCUT2D eigenvalue weighted by atomic mass is 9.92. The van der Waals surface area contributed by atoms with Crippen molar-refractivity contribution in [1.29, 1.82) is 0 Å². The van der Waals surface area contributed by atoms with Gasteiger partial charge in [-0.1, -0.05) is 29.8 Å². The third kappa shape index (κ3) is 3.68. The van der Waals surface area contributed by atoms with Gasteiger partial charge in [-0.2, -0.15) is 0 Å². The average Bonchev–Trinajstić information content (AvgIpc) is 3.21. The van der Waals surface area contributed by atoms with Gasteiger partial charge in [0.1, 0.15) is 11.5 Å². The number of hydrogen-bond acceptors (Lipinski definition) is 3. The van der Waals surface area contributed by atoms with Crippen molar-refractivity contribution in [1.82, 2.24) is 5.32 Å². The molecule has 0 saturated heterocycles. The van der Waals surface area contributed by atoms with Gasteiger partial charge in [0, 0.05) is 5.92 Å². The van der Waals surface area contributed by atoms with Crippen molar-refractivity contribution in [3.8, 4) is 0 Å². The van der Waals surface area contributed by atoms with Crippen molar-refractivity contribution in [3.05, 3.63) is 83.7 Å². The van der Waals surface area contributed by atoms with Crippen molar-refractivity contribution in [2.24, 2.45) is 0 Å². The van der Waals surface area contributed by atoms with Gasteiger partial charge in [0.05, 0.1) is 19.1 Å². The standard InChI is InChI=1S/C19H21NO2/c1-15-6-8-16(9-7-15)18(19-5-3-13-22-19)10-11-20-14-17-4-2-12-21-17/h2-9,12-13,18,20H,10-11,14H2,1H3/t18-/m1/s1. The van der Waals surface area contributed by atoms with Crippen molar-refractivity contribution in [2.75, 3.05) is 6.54 Å². The first kappa shape index (κ1) is 14.7. The van der Waals surface area contributed by atoms with Crippen LogP contribution in [0.2, 0.25) is 0 Å². The summed E-state index contributed by atoms with van der Waals surface area (Å²) in [5.41, 5.74) is 2.57. The molecule has 0 aliphatic carbocycles. The molecule has 3 rings (SSSR count). The largest absolute Gasteiger partial charge is 0.469 e. The highest BCUT2D eigenvalue weighted by Crippen LogP contribution is 2.28. The summed E-state index contributed by atoms with van der Waals surface area (Å²) >= 11 is 0. The summed E-state index contributed by atoms with van der Waals surface area (Å²) < 4.78 is 11.0. The van der Waals surface area contributed by atoms with Gasteiger partial charge in [-0.25, -0.2) is 0 Å². The normalized spacial score (nSPS) is 12.4. The molecule has 0 aliphatic heterocycles. The first-order chi connectivity index (χ1) is 10.8. The van der Waals surface area contributed by atoms with Gasteiger partial charge in [-0.3, -0.25) is 0 Å². The van der Waals surface area contributed by atoms with E-state index < -0.39 is 0 Å². The number of nitrogens with one attached hydrogen (secondary N) is 1. The van der Waals surface area contributed by atoms with E-state index in [2.05, 4.69) is 42.6 Å². The second kappa shape index (κ2) is 7.14. The van der Waals surface area contributed by atoms with Gasteiger partial charge in [-0.15, -0.1) is 0 Å². The maximum absolute atomic E-state index is 5.64. The van der Waals surface area contributed by atoms with Crippen LogP contribution in [0.5, 0.6) is 0 Å². The van der Waals surface area contributed by atoms with E-state index in [1.165, 1.54) is 11.1 Å². The van der Waals surface area contributed by atoms with Crippen molar-refractivity contribution < 1.29 is 8.83 Å². The summed E-state index contributed by atoms with van der Waals surface area (Å²) in [7, 11) is 0. The summed E-state index contributed by atoms with van der Waals surface area (Å²) in [5, 5.41) is 3.43. The molecule has 3 heteroatoms. The Bertz CT molecular complexity index is 654. The van der Waals surface area contributed by atoms with E-state index in [1.807, 2.05) is 18.2 Å². The Kier molecular flexibility index (Phi) is 4.76. The zero-order valence-electron chi connectivity index (χ0n) is 12.8. The van der Waals surface area contributed by atoms with Crippen LogP contribution in [0.4, 0.5) is 0 Å². The highest BCUT2D eigenvalue weighted by atomic mass is 16.3. The summed E-state index contributed by atoms with van der Waals surface area (Å²) in [6.07, 6.45) is 4.43. The molecule has 0 saturated carbocycles. The molecule has 114 valence electrons. The number of benzene rings is 1. The lowest BCUT2D eigenvalue weighted by molar-refractivity contribution is 0.452. The highest BCUT2D eigenvalue weighted by Gasteiger charge is 2.16. The Morgan fingerprint density at radius 1 is 0.955 bits per heavy atom. The van der Waals surface area contributed by atoms with E-state index in [-0.39, 0.29) is 5.92 Å². The summed E-state index contributed by atoms with van der Waals surface area (Å²) in [6, 6.07) is 16.6. The summed E-state index contributed by atoms with van der Waals surface area (Å²) in [4.78, 5) is 0.